The summed E-state index contributed by atoms with van der Waals surface area (Å²) in [6.07, 6.45) is 1.35. The minimum atomic E-state index is -0.557. The molecule has 1 aliphatic heterocycles. The standard InChI is InChI=1S/C18H25NO3/c1-5-14-12-16(20)15(11-13-9-7-6-8-10-13)19(14)17(21)22-18(2,3)4/h6-10,14-15H,5,11-12H2,1-4H3/t14-,15+/m1/s1. The zero-order chi connectivity index (χ0) is 16.3. The van der Waals surface area contributed by atoms with Gasteiger partial charge in [-0.15, -0.1) is 0 Å². The maximum Gasteiger partial charge on any atom is 0.411 e. The van der Waals surface area contributed by atoms with Crippen LogP contribution in [0.4, 0.5) is 4.79 Å². The number of nitrogens with zero attached hydrogens (tertiary/aromatic N) is 1. The van der Waals surface area contributed by atoms with Gasteiger partial charge in [0.1, 0.15) is 5.60 Å². The lowest BCUT2D eigenvalue weighted by molar-refractivity contribution is -0.119. The van der Waals surface area contributed by atoms with Crippen LogP contribution in [0, 0.1) is 0 Å². The first-order valence-corrected chi connectivity index (χ1v) is 7.89. The van der Waals surface area contributed by atoms with E-state index in [-0.39, 0.29) is 17.9 Å². The van der Waals surface area contributed by atoms with E-state index in [1.54, 1.807) is 4.90 Å². The number of benzene rings is 1. The van der Waals surface area contributed by atoms with E-state index in [9.17, 15) is 9.59 Å². The number of hydrogen-bond acceptors (Lipinski definition) is 3. The summed E-state index contributed by atoms with van der Waals surface area (Å²) in [6, 6.07) is 9.34. The SMILES string of the molecule is CC[C@@H]1CC(=O)[C@H](Cc2ccccc2)N1C(=O)OC(C)(C)C. The van der Waals surface area contributed by atoms with Gasteiger partial charge >= 0.3 is 6.09 Å². The highest BCUT2D eigenvalue weighted by Gasteiger charge is 2.43. The normalized spacial score (nSPS) is 22.0. The van der Waals surface area contributed by atoms with Crippen molar-refractivity contribution in [1.29, 1.82) is 0 Å². The number of carbonyl (C=O) groups excluding carboxylic acids is 2. The van der Waals surface area contributed by atoms with Gasteiger partial charge in [-0.05, 0) is 32.8 Å². The minimum Gasteiger partial charge on any atom is -0.444 e. The van der Waals surface area contributed by atoms with Crippen molar-refractivity contribution in [1.82, 2.24) is 4.90 Å². The van der Waals surface area contributed by atoms with Gasteiger partial charge in [-0.25, -0.2) is 4.79 Å². The van der Waals surface area contributed by atoms with Gasteiger partial charge in [0.15, 0.2) is 5.78 Å². The fourth-order valence-electron chi connectivity index (χ4n) is 2.86. The number of ether oxygens (including phenoxy) is 1. The Morgan fingerprint density at radius 3 is 2.45 bits per heavy atom. The summed E-state index contributed by atoms with van der Waals surface area (Å²) in [7, 11) is 0. The Morgan fingerprint density at radius 1 is 1.27 bits per heavy atom. The number of carbonyl (C=O) groups is 2. The van der Waals surface area contributed by atoms with Crippen molar-refractivity contribution < 1.29 is 14.3 Å². The van der Waals surface area contributed by atoms with Crippen molar-refractivity contribution in [3.05, 3.63) is 35.9 Å². The molecule has 2 rings (SSSR count). The van der Waals surface area contributed by atoms with Crippen LogP contribution in [0.2, 0.25) is 0 Å². The molecule has 0 unspecified atom stereocenters. The van der Waals surface area contributed by atoms with E-state index in [1.807, 2.05) is 58.0 Å². The summed E-state index contributed by atoms with van der Waals surface area (Å²) in [5.74, 6) is 0.126. The first-order chi connectivity index (χ1) is 10.3. The molecule has 0 saturated carbocycles. The number of Topliss-reactive ketones (excluding diaryl/α,β-unsaturated/α-hetero) is 1. The van der Waals surface area contributed by atoms with Gasteiger partial charge in [-0.1, -0.05) is 37.3 Å². The van der Waals surface area contributed by atoms with Crippen LogP contribution in [-0.2, 0) is 16.0 Å². The molecule has 0 aliphatic carbocycles. The van der Waals surface area contributed by atoms with Gasteiger partial charge in [0.05, 0.1) is 6.04 Å². The molecule has 1 aliphatic rings. The fraction of sp³-hybridized carbons (Fsp3) is 0.556. The third kappa shape index (κ3) is 3.87. The number of hydrogen-bond donors (Lipinski definition) is 0. The molecule has 4 heteroatoms. The van der Waals surface area contributed by atoms with Crippen molar-refractivity contribution in [3.63, 3.8) is 0 Å². The fourth-order valence-corrected chi connectivity index (χ4v) is 2.86. The molecular weight excluding hydrogens is 278 g/mol. The van der Waals surface area contributed by atoms with Crippen molar-refractivity contribution in [2.24, 2.45) is 0 Å². The van der Waals surface area contributed by atoms with Crippen LogP contribution < -0.4 is 0 Å². The van der Waals surface area contributed by atoms with Gasteiger partial charge in [0.2, 0.25) is 0 Å². The molecule has 1 saturated heterocycles. The highest BCUT2D eigenvalue weighted by Crippen LogP contribution is 2.28. The zero-order valence-corrected chi connectivity index (χ0v) is 13.8. The first kappa shape index (κ1) is 16.5. The molecule has 4 nitrogen and oxygen atoms in total. The van der Waals surface area contributed by atoms with Crippen LogP contribution in [0.15, 0.2) is 30.3 Å². The van der Waals surface area contributed by atoms with Crippen molar-refractivity contribution in [2.75, 3.05) is 0 Å². The average molecular weight is 303 g/mol. The summed E-state index contributed by atoms with van der Waals surface area (Å²) in [5.41, 5.74) is 0.504. The van der Waals surface area contributed by atoms with Crippen molar-refractivity contribution >= 4 is 11.9 Å². The highest BCUT2D eigenvalue weighted by molar-refractivity contribution is 5.91. The van der Waals surface area contributed by atoms with Crippen LogP contribution in [0.3, 0.4) is 0 Å². The summed E-state index contributed by atoms with van der Waals surface area (Å²) >= 11 is 0. The third-order valence-corrected chi connectivity index (χ3v) is 3.89. The van der Waals surface area contributed by atoms with Crippen molar-refractivity contribution in [3.8, 4) is 0 Å². The van der Waals surface area contributed by atoms with Gasteiger partial charge in [0, 0.05) is 18.9 Å². The number of likely N-dealkylation sites (tertiary alicyclic amines) is 1. The third-order valence-electron chi connectivity index (χ3n) is 3.89. The second-order valence-electron chi connectivity index (χ2n) is 6.83. The molecule has 22 heavy (non-hydrogen) atoms. The lowest BCUT2D eigenvalue weighted by Gasteiger charge is -2.31. The van der Waals surface area contributed by atoms with Gasteiger partial charge in [0.25, 0.3) is 0 Å². The summed E-state index contributed by atoms with van der Waals surface area (Å²) in [4.78, 5) is 26.6. The topological polar surface area (TPSA) is 46.6 Å². The molecule has 0 aromatic heterocycles. The van der Waals surface area contributed by atoms with Crippen LogP contribution >= 0.6 is 0 Å². The Balaban J connectivity index is 2.21. The molecule has 1 amide bonds. The molecule has 0 spiro atoms. The predicted molar refractivity (Wildman–Crippen MR) is 85.7 cm³/mol. The Bertz CT molecular complexity index is 533. The summed E-state index contributed by atoms with van der Waals surface area (Å²) < 4.78 is 5.50. The molecule has 0 N–H and O–H groups in total. The molecule has 0 radical (unpaired) electrons. The zero-order valence-electron chi connectivity index (χ0n) is 13.8. The van der Waals surface area contributed by atoms with E-state index in [4.69, 9.17) is 4.74 Å². The van der Waals surface area contributed by atoms with E-state index >= 15 is 0 Å². The molecule has 0 bridgehead atoms. The molecule has 1 fully saturated rings. The smallest absolute Gasteiger partial charge is 0.411 e. The van der Waals surface area contributed by atoms with E-state index < -0.39 is 11.6 Å². The summed E-state index contributed by atoms with van der Waals surface area (Å²) in [6.45, 7) is 7.53. The maximum absolute atomic E-state index is 12.5. The maximum atomic E-state index is 12.5. The first-order valence-electron chi connectivity index (χ1n) is 7.89. The Kier molecular flexibility index (Phi) is 4.89. The second-order valence-corrected chi connectivity index (χ2v) is 6.83. The Morgan fingerprint density at radius 2 is 1.91 bits per heavy atom. The van der Waals surface area contributed by atoms with Gasteiger partial charge in [-0.2, -0.15) is 0 Å². The van der Waals surface area contributed by atoms with Gasteiger partial charge in [-0.3, -0.25) is 9.69 Å². The van der Waals surface area contributed by atoms with E-state index in [1.165, 1.54) is 0 Å². The predicted octanol–water partition coefficient (Wildman–Crippen LogP) is 3.59. The van der Waals surface area contributed by atoms with Crippen LogP contribution in [0.5, 0.6) is 0 Å². The lowest BCUT2D eigenvalue weighted by Crippen LogP contribution is -2.46. The largest absolute Gasteiger partial charge is 0.444 e. The number of rotatable bonds is 3. The van der Waals surface area contributed by atoms with Crippen LogP contribution in [-0.4, -0.2) is 34.5 Å². The monoisotopic (exact) mass is 303 g/mol. The van der Waals surface area contributed by atoms with Crippen molar-refractivity contribution in [2.45, 2.75) is 64.6 Å². The second kappa shape index (κ2) is 6.51. The highest BCUT2D eigenvalue weighted by atomic mass is 16.6. The Hall–Kier alpha value is -1.84. The molecule has 2 atom stereocenters. The average Bonchev–Trinajstić information content (AvgIpc) is 2.75. The molecule has 120 valence electrons. The Labute approximate surface area is 132 Å². The van der Waals surface area contributed by atoms with Crippen LogP contribution in [0.1, 0.15) is 46.1 Å². The molecule has 1 aromatic carbocycles. The van der Waals surface area contributed by atoms with E-state index in [0.29, 0.717) is 12.8 Å². The summed E-state index contributed by atoms with van der Waals surface area (Å²) in [5, 5.41) is 0. The molecule has 1 aromatic rings. The lowest BCUT2D eigenvalue weighted by atomic mass is 10.0. The van der Waals surface area contributed by atoms with E-state index in [2.05, 4.69) is 0 Å². The van der Waals surface area contributed by atoms with E-state index in [0.717, 1.165) is 12.0 Å². The molecule has 1 heterocycles. The minimum absolute atomic E-state index is 0.0592. The van der Waals surface area contributed by atoms with Crippen LogP contribution in [0.25, 0.3) is 0 Å². The quantitative estimate of drug-likeness (QED) is 0.857. The van der Waals surface area contributed by atoms with Gasteiger partial charge < -0.3 is 4.74 Å². The number of amides is 1. The number of ketones is 1. The molecular formula is C18H25NO3.